The summed E-state index contributed by atoms with van der Waals surface area (Å²) in [6.45, 7) is 0. The van der Waals surface area contributed by atoms with Crippen LogP contribution in [0.15, 0.2) is 12.1 Å². The molecule has 4 heteroatoms. The van der Waals surface area contributed by atoms with Gasteiger partial charge in [0.15, 0.2) is 5.65 Å². The van der Waals surface area contributed by atoms with Crippen LogP contribution in [0.25, 0.3) is 11.2 Å². The van der Waals surface area contributed by atoms with Crippen LogP contribution in [0.2, 0.25) is 0 Å². The number of H-pyrrole nitrogens is 1. The summed E-state index contributed by atoms with van der Waals surface area (Å²) in [6, 6.07) is 3.76. The van der Waals surface area contributed by atoms with Crippen molar-refractivity contribution in [2.45, 2.75) is 44.9 Å². The summed E-state index contributed by atoms with van der Waals surface area (Å²) in [5, 5.41) is 0. The van der Waals surface area contributed by atoms with Crippen molar-refractivity contribution in [2.75, 3.05) is 5.73 Å². The van der Waals surface area contributed by atoms with Crippen LogP contribution in [0.1, 0.15) is 44.3 Å². The number of aromatic amines is 1. The Morgan fingerprint density at radius 1 is 1.17 bits per heavy atom. The molecule has 2 aromatic rings. The third-order valence-electron chi connectivity index (χ3n) is 3.93. The molecule has 0 radical (unpaired) electrons. The summed E-state index contributed by atoms with van der Waals surface area (Å²) in [6.07, 6.45) is 9.29. The quantitative estimate of drug-likeness (QED) is 0.872. The summed E-state index contributed by atoms with van der Waals surface area (Å²) in [4.78, 5) is 12.1. The number of aryl methyl sites for hydroxylation is 1. The molecule has 0 unspecified atom stereocenters. The van der Waals surface area contributed by atoms with Crippen molar-refractivity contribution in [1.29, 1.82) is 0 Å². The minimum absolute atomic E-state index is 0.535. The Morgan fingerprint density at radius 2 is 2.00 bits per heavy atom. The number of imidazole rings is 1. The van der Waals surface area contributed by atoms with Crippen LogP contribution in [0, 0.1) is 5.92 Å². The van der Waals surface area contributed by atoms with Crippen LogP contribution in [0.5, 0.6) is 0 Å². The zero-order chi connectivity index (χ0) is 12.4. The van der Waals surface area contributed by atoms with Crippen molar-refractivity contribution in [1.82, 2.24) is 15.0 Å². The highest BCUT2D eigenvalue weighted by molar-refractivity contribution is 5.72. The molecule has 1 saturated carbocycles. The van der Waals surface area contributed by atoms with Gasteiger partial charge < -0.3 is 10.7 Å². The molecule has 2 heterocycles. The molecule has 96 valence electrons. The van der Waals surface area contributed by atoms with E-state index in [4.69, 9.17) is 5.73 Å². The van der Waals surface area contributed by atoms with Gasteiger partial charge in [-0.1, -0.05) is 32.1 Å². The number of fused-ring (bicyclic) bond motifs is 1. The molecular weight excluding hydrogens is 224 g/mol. The molecule has 18 heavy (non-hydrogen) atoms. The number of nitrogens with one attached hydrogen (secondary N) is 1. The number of nitrogens with zero attached hydrogens (tertiary/aromatic N) is 2. The van der Waals surface area contributed by atoms with Gasteiger partial charge in [-0.3, -0.25) is 0 Å². The molecule has 0 aliphatic heterocycles. The van der Waals surface area contributed by atoms with Crippen molar-refractivity contribution >= 4 is 17.0 Å². The molecule has 0 bridgehead atoms. The third-order valence-corrected chi connectivity index (χ3v) is 3.93. The first-order chi connectivity index (χ1) is 8.81. The highest BCUT2D eigenvalue weighted by Gasteiger charge is 2.14. The van der Waals surface area contributed by atoms with Crippen molar-refractivity contribution in [3.05, 3.63) is 18.0 Å². The van der Waals surface area contributed by atoms with E-state index in [-0.39, 0.29) is 0 Å². The number of hydrogen-bond acceptors (Lipinski definition) is 3. The monoisotopic (exact) mass is 244 g/mol. The predicted octanol–water partition coefficient (Wildman–Crippen LogP) is 3.05. The van der Waals surface area contributed by atoms with Crippen molar-refractivity contribution in [3.63, 3.8) is 0 Å². The van der Waals surface area contributed by atoms with Crippen LogP contribution in [-0.4, -0.2) is 15.0 Å². The van der Waals surface area contributed by atoms with Gasteiger partial charge in [0.2, 0.25) is 0 Å². The number of aromatic nitrogens is 3. The Morgan fingerprint density at radius 3 is 2.83 bits per heavy atom. The van der Waals surface area contributed by atoms with E-state index in [2.05, 4.69) is 15.0 Å². The molecule has 1 aliphatic rings. The third kappa shape index (κ3) is 2.47. The van der Waals surface area contributed by atoms with Gasteiger partial charge in [-0.2, -0.15) is 0 Å². The Kier molecular flexibility index (Phi) is 3.17. The number of nitrogen functional groups attached to an aromatic ring is 1. The molecule has 2 aromatic heterocycles. The van der Waals surface area contributed by atoms with Gasteiger partial charge >= 0.3 is 0 Å². The van der Waals surface area contributed by atoms with Gasteiger partial charge in [-0.05, 0) is 24.5 Å². The summed E-state index contributed by atoms with van der Waals surface area (Å²) < 4.78 is 0. The topological polar surface area (TPSA) is 67.6 Å². The molecule has 3 N–H and O–H groups in total. The Balaban J connectivity index is 1.67. The van der Waals surface area contributed by atoms with E-state index in [1.807, 2.05) is 12.1 Å². The molecule has 1 aliphatic carbocycles. The average molecular weight is 244 g/mol. The summed E-state index contributed by atoms with van der Waals surface area (Å²) in [5.74, 6) is 2.48. The lowest BCUT2D eigenvalue weighted by atomic mass is 9.86. The second-order valence-corrected chi connectivity index (χ2v) is 5.33. The lowest BCUT2D eigenvalue weighted by Gasteiger charge is -2.20. The maximum atomic E-state index is 5.66. The van der Waals surface area contributed by atoms with E-state index in [0.29, 0.717) is 5.82 Å². The average Bonchev–Trinajstić information content (AvgIpc) is 2.79. The normalized spacial score (nSPS) is 17.3. The Bertz CT molecular complexity index is 526. The summed E-state index contributed by atoms with van der Waals surface area (Å²) >= 11 is 0. The fourth-order valence-corrected chi connectivity index (χ4v) is 2.89. The maximum Gasteiger partial charge on any atom is 0.179 e. The number of hydrogen-bond donors (Lipinski definition) is 2. The molecule has 0 amide bonds. The van der Waals surface area contributed by atoms with Crippen LogP contribution in [0.4, 0.5) is 5.82 Å². The Hall–Kier alpha value is -1.58. The molecule has 0 spiro atoms. The van der Waals surface area contributed by atoms with Crippen LogP contribution >= 0.6 is 0 Å². The fourth-order valence-electron chi connectivity index (χ4n) is 2.89. The molecule has 1 fully saturated rings. The summed E-state index contributed by atoms with van der Waals surface area (Å²) in [5.41, 5.74) is 7.39. The lowest BCUT2D eigenvalue weighted by molar-refractivity contribution is 0.337. The first-order valence-electron chi connectivity index (χ1n) is 6.92. The van der Waals surface area contributed by atoms with Gasteiger partial charge in [0.25, 0.3) is 0 Å². The van der Waals surface area contributed by atoms with E-state index in [0.717, 1.165) is 29.3 Å². The second kappa shape index (κ2) is 4.96. The van der Waals surface area contributed by atoms with Crippen molar-refractivity contribution in [3.8, 4) is 0 Å². The predicted molar refractivity (Wildman–Crippen MR) is 73.2 cm³/mol. The minimum atomic E-state index is 0.535. The molecule has 0 atom stereocenters. The second-order valence-electron chi connectivity index (χ2n) is 5.33. The largest absolute Gasteiger partial charge is 0.384 e. The smallest absolute Gasteiger partial charge is 0.179 e. The SMILES string of the molecule is Nc1ccc2[nH]c(CCC3CCCCC3)nc2n1. The Labute approximate surface area is 107 Å². The highest BCUT2D eigenvalue weighted by Crippen LogP contribution is 2.27. The van der Waals surface area contributed by atoms with Gasteiger partial charge in [-0.15, -0.1) is 0 Å². The zero-order valence-electron chi connectivity index (χ0n) is 10.7. The van der Waals surface area contributed by atoms with E-state index in [1.165, 1.54) is 38.5 Å². The van der Waals surface area contributed by atoms with E-state index < -0.39 is 0 Å². The van der Waals surface area contributed by atoms with Gasteiger partial charge in [0.05, 0.1) is 5.52 Å². The molecular formula is C14H20N4. The van der Waals surface area contributed by atoms with Crippen molar-refractivity contribution in [2.24, 2.45) is 5.92 Å². The number of pyridine rings is 1. The lowest BCUT2D eigenvalue weighted by Crippen LogP contribution is -2.07. The molecule has 0 saturated heterocycles. The number of nitrogens with two attached hydrogens (primary N) is 1. The fraction of sp³-hybridized carbons (Fsp3) is 0.571. The van der Waals surface area contributed by atoms with Gasteiger partial charge in [0.1, 0.15) is 11.6 Å². The minimum Gasteiger partial charge on any atom is -0.384 e. The summed E-state index contributed by atoms with van der Waals surface area (Å²) in [7, 11) is 0. The van der Waals surface area contributed by atoms with E-state index in [1.54, 1.807) is 0 Å². The highest BCUT2D eigenvalue weighted by atomic mass is 15.0. The molecule has 3 rings (SSSR count). The van der Waals surface area contributed by atoms with E-state index >= 15 is 0 Å². The van der Waals surface area contributed by atoms with Crippen LogP contribution in [0.3, 0.4) is 0 Å². The van der Waals surface area contributed by atoms with Gasteiger partial charge in [0, 0.05) is 6.42 Å². The molecule has 0 aromatic carbocycles. The number of rotatable bonds is 3. The van der Waals surface area contributed by atoms with E-state index in [9.17, 15) is 0 Å². The van der Waals surface area contributed by atoms with Crippen LogP contribution in [-0.2, 0) is 6.42 Å². The van der Waals surface area contributed by atoms with Crippen LogP contribution < -0.4 is 5.73 Å². The first kappa shape index (κ1) is 11.5. The zero-order valence-corrected chi connectivity index (χ0v) is 10.7. The molecule has 4 nitrogen and oxygen atoms in total. The number of anilines is 1. The first-order valence-corrected chi connectivity index (χ1v) is 6.92. The standard InChI is InChI=1S/C14H20N4/c15-12-8-7-11-14(17-12)18-13(16-11)9-6-10-4-2-1-3-5-10/h7-8,10H,1-6,9H2,(H3,15,16,17,18). The van der Waals surface area contributed by atoms with Gasteiger partial charge in [-0.25, -0.2) is 9.97 Å². The van der Waals surface area contributed by atoms with Crippen molar-refractivity contribution < 1.29 is 0 Å². The maximum absolute atomic E-state index is 5.66.